The highest BCUT2D eigenvalue weighted by atomic mass is 16.5. The normalized spacial score (nSPS) is 21.9. The molecule has 2 aliphatic heterocycles. The summed E-state index contributed by atoms with van der Waals surface area (Å²) in [6.07, 6.45) is 8.24. The van der Waals surface area contributed by atoms with E-state index in [9.17, 15) is 0 Å². The predicted molar refractivity (Wildman–Crippen MR) is 112 cm³/mol. The molecular weight excluding hydrogens is 366 g/mol. The van der Waals surface area contributed by atoms with Gasteiger partial charge < -0.3 is 14.6 Å². The predicted octanol–water partition coefficient (Wildman–Crippen LogP) is 2.33. The number of nitrogens with one attached hydrogen (secondary N) is 1. The largest absolute Gasteiger partial charge is 0.458 e. The van der Waals surface area contributed by atoms with Crippen molar-refractivity contribution in [1.29, 1.82) is 5.41 Å². The van der Waals surface area contributed by atoms with Crippen LogP contribution in [0.3, 0.4) is 0 Å². The molecule has 2 aromatic rings. The molecule has 0 bridgehead atoms. The van der Waals surface area contributed by atoms with E-state index < -0.39 is 0 Å². The van der Waals surface area contributed by atoms with E-state index in [1.807, 2.05) is 6.07 Å². The Morgan fingerprint density at radius 1 is 1.17 bits per heavy atom. The lowest BCUT2D eigenvalue weighted by molar-refractivity contribution is -0.0198. The van der Waals surface area contributed by atoms with E-state index in [1.165, 1.54) is 44.1 Å². The first-order chi connectivity index (χ1) is 14.3. The highest BCUT2D eigenvalue weighted by molar-refractivity contribution is 5.85. The lowest BCUT2D eigenvalue weighted by atomic mass is 9.91. The second-order valence-corrected chi connectivity index (χ2v) is 8.57. The van der Waals surface area contributed by atoms with Gasteiger partial charge in [-0.1, -0.05) is 6.42 Å². The van der Waals surface area contributed by atoms with Crippen LogP contribution in [-0.2, 0) is 17.7 Å². The molecule has 0 radical (unpaired) electrons. The van der Waals surface area contributed by atoms with Gasteiger partial charge in [-0.15, -0.1) is 0 Å². The van der Waals surface area contributed by atoms with Crippen LogP contribution in [0, 0.1) is 5.41 Å². The minimum absolute atomic E-state index is 0.749. The average Bonchev–Trinajstić information content (AvgIpc) is 3.08. The molecular formula is C22H31N5O2. The van der Waals surface area contributed by atoms with E-state index in [0.717, 1.165) is 80.9 Å². The maximum absolute atomic E-state index is 7.39. The summed E-state index contributed by atoms with van der Waals surface area (Å²) in [5.41, 5.74) is 3.78. The summed E-state index contributed by atoms with van der Waals surface area (Å²) in [7, 11) is 0. The Kier molecular flexibility index (Phi) is 5.63. The molecule has 0 unspecified atom stereocenters. The fourth-order valence-electron chi connectivity index (χ4n) is 4.69. The standard InChI is InChI=1S/C22H31N5O2/c23-13-17-12-20-22(24-14-17)19-4-5-25(15-21(19)29-20)10-11-28-16-26-6-8-27(9-7-26)18-2-1-3-18/h12-14,18,23H,1-11,15-16H2. The van der Waals surface area contributed by atoms with Crippen molar-refractivity contribution in [3.05, 3.63) is 29.2 Å². The van der Waals surface area contributed by atoms with Gasteiger partial charge in [-0.25, -0.2) is 0 Å². The zero-order valence-corrected chi connectivity index (χ0v) is 17.1. The number of rotatable bonds is 7. The van der Waals surface area contributed by atoms with Crippen molar-refractivity contribution in [2.24, 2.45) is 0 Å². The zero-order chi connectivity index (χ0) is 19.6. The zero-order valence-electron chi connectivity index (χ0n) is 17.1. The van der Waals surface area contributed by atoms with Crippen molar-refractivity contribution >= 4 is 17.3 Å². The Hall–Kier alpha value is -1.80. The van der Waals surface area contributed by atoms with E-state index in [-0.39, 0.29) is 0 Å². The number of furan rings is 1. The number of hydrogen-bond acceptors (Lipinski definition) is 7. The molecule has 29 heavy (non-hydrogen) atoms. The topological polar surface area (TPSA) is 68.8 Å². The molecule has 1 aliphatic carbocycles. The molecule has 0 aromatic carbocycles. The SMILES string of the molecule is N=Cc1cnc2c3c(oc2c1)CN(CCOCN1CCN(C2CCC2)CC1)CC3. The number of ether oxygens (including phenoxy) is 1. The summed E-state index contributed by atoms with van der Waals surface area (Å²) in [6, 6.07) is 2.78. The lowest BCUT2D eigenvalue weighted by Crippen LogP contribution is -2.52. The maximum atomic E-state index is 7.39. The molecule has 1 N–H and O–H groups in total. The molecule has 0 spiro atoms. The third-order valence-corrected chi connectivity index (χ3v) is 6.77. The van der Waals surface area contributed by atoms with Crippen LogP contribution in [0.25, 0.3) is 11.1 Å². The fourth-order valence-corrected chi connectivity index (χ4v) is 4.69. The highest BCUT2D eigenvalue weighted by Gasteiger charge is 2.28. The van der Waals surface area contributed by atoms with Crippen LogP contribution < -0.4 is 0 Å². The van der Waals surface area contributed by atoms with Gasteiger partial charge in [0.2, 0.25) is 0 Å². The van der Waals surface area contributed by atoms with Crippen LogP contribution in [0.5, 0.6) is 0 Å². The quantitative estimate of drug-likeness (QED) is 0.571. The maximum Gasteiger partial charge on any atom is 0.153 e. The number of aromatic nitrogens is 1. The van der Waals surface area contributed by atoms with Crippen LogP contribution in [0.1, 0.15) is 36.1 Å². The Morgan fingerprint density at radius 2 is 2.03 bits per heavy atom. The van der Waals surface area contributed by atoms with Crippen molar-refractivity contribution in [1.82, 2.24) is 19.7 Å². The highest BCUT2D eigenvalue weighted by Crippen LogP contribution is 2.29. The van der Waals surface area contributed by atoms with Gasteiger partial charge in [-0.2, -0.15) is 0 Å². The molecule has 156 valence electrons. The van der Waals surface area contributed by atoms with Crippen LogP contribution in [0.4, 0.5) is 0 Å². The summed E-state index contributed by atoms with van der Waals surface area (Å²) < 4.78 is 12.0. The number of nitrogens with zero attached hydrogens (tertiary/aromatic N) is 4. The van der Waals surface area contributed by atoms with Crippen molar-refractivity contribution < 1.29 is 9.15 Å². The molecule has 5 rings (SSSR count). The fraction of sp³-hybridized carbons (Fsp3) is 0.636. The minimum atomic E-state index is 0.749. The van der Waals surface area contributed by atoms with E-state index in [2.05, 4.69) is 19.7 Å². The smallest absolute Gasteiger partial charge is 0.153 e. The van der Waals surface area contributed by atoms with E-state index >= 15 is 0 Å². The van der Waals surface area contributed by atoms with Gasteiger partial charge in [0.25, 0.3) is 0 Å². The first-order valence-electron chi connectivity index (χ1n) is 11.0. The van der Waals surface area contributed by atoms with Crippen LogP contribution in [0.15, 0.2) is 16.7 Å². The van der Waals surface area contributed by atoms with Gasteiger partial charge in [0.1, 0.15) is 11.3 Å². The molecule has 0 atom stereocenters. The Labute approximate surface area is 172 Å². The second-order valence-electron chi connectivity index (χ2n) is 8.57. The van der Waals surface area contributed by atoms with Gasteiger partial charge in [0, 0.05) is 68.8 Å². The minimum Gasteiger partial charge on any atom is -0.458 e. The lowest BCUT2D eigenvalue weighted by Gasteiger charge is -2.42. The average molecular weight is 398 g/mol. The Bertz CT molecular complexity index is 854. The Balaban J connectivity index is 1.06. The van der Waals surface area contributed by atoms with Gasteiger partial charge in [0.05, 0.1) is 19.9 Å². The van der Waals surface area contributed by atoms with E-state index in [4.69, 9.17) is 14.6 Å². The number of piperazine rings is 1. The van der Waals surface area contributed by atoms with Gasteiger partial charge in [0.15, 0.2) is 5.58 Å². The van der Waals surface area contributed by atoms with Gasteiger partial charge in [-0.05, 0) is 25.3 Å². The summed E-state index contributed by atoms with van der Waals surface area (Å²) in [6.45, 7) is 8.92. The van der Waals surface area contributed by atoms with E-state index in [1.54, 1.807) is 6.20 Å². The van der Waals surface area contributed by atoms with Crippen molar-refractivity contribution in [3.8, 4) is 0 Å². The van der Waals surface area contributed by atoms with Crippen molar-refractivity contribution in [2.45, 2.75) is 38.3 Å². The summed E-state index contributed by atoms with van der Waals surface area (Å²) in [4.78, 5) is 12.0. The molecule has 2 aromatic heterocycles. The first kappa shape index (κ1) is 19.2. The molecule has 0 amide bonds. The summed E-state index contributed by atoms with van der Waals surface area (Å²) >= 11 is 0. The van der Waals surface area contributed by atoms with Crippen LogP contribution in [-0.4, -0.2) is 84.5 Å². The molecule has 4 heterocycles. The third-order valence-electron chi connectivity index (χ3n) is 6.77. The van der Waals surface area contributed by atoms with Crippen molar-refractivity contribution in [2.75, 3.05) is 52.6 Å². The number of fused-ring (bicyclic) bond motifs is 3. The molecule has 3 aliphatic rings. The molecule has 7 nitrogen and oxygen atoms in total. The summed E-state index contributed by atoms with van der Waals surface area (Å²) in [5.74, 6) is 1.02. The van der Waals surface area contributed by atoms with Crippen molar-refractivity contribution in [3.63, 3.8) is 0 Å². The number of hydrogen-bond donors (Lipinski definition) is 1. The molecule has 7 heteroatoms. The molecule has 1 saturated heterocycles. The number of pyridine rings is 1. The first-order valence-corrected chi connectivity index (χ1v) is 11.0. The van der Waals surface area contributed by atoms with Gasteiger partial charge in [-0.3, -0.25) is 19.7 Å². The van der Waals surface area contributed by atoms with Gasteiger partial charge >= 0.3 is 0 Å². The monoisotopic (exact) mass is 397 g/mol. The van der Waals surface area contributed by atoms with E-state index in [0.29, 0.717) is 0 Å². The summed E-state index contributed by atoms with van der Waals surface area (Å²) in [5, 5.41) is 7.39. The Morgan fingerprint density at radius 3 is 2.79 bits per heavy atom. The third kappa shape index (κ3) is 4.10. The molecule has 1 saturated carbocycles. The molecule has 2 fully saturated rings. The second kappa shape index (κ2) is 8.52. The van der Waals surface area contributed by atoms with Crippen LogP contribution in [0.2, 0.25) is 0 Å². The van der Waals surface area contributed by atoms with Crippen LogP contribution >= 0.6 is 0 Å².